The van der Waals surface area contributed by atoms with Crippen LogP contribution in [-0.4, -0.2) is 50.9 Å². The number of hydrazine groups is 1. The Bertz CT molecular complexity index is 301. The molecule has 0 aromatic heterocycles. The minimum absolute atomic E-state index is 0. The number of nitrogens with zero attached hydrogens (tertiary/aromatic N) is 2. The fraction of sp³-hybridized carbons (Fsp3) is 0.714. The third kappa shape index (κ3) is 6.18. The number of hydrogen-bond acceptors (Lipinski definition) is 6. The van der Waals surface area contributed by atoms with E-state index in [1.807, 2.05) is 0 Å². The molecule has 0 aliphatic rings. The highest BCUT2D eigenvalue weighted by Crippen LogP contribution is 2.02. The van der Waals surface area contributed by atoms with E-state index in [9.17, 15) is 14.9 Å². The molecule has 0 aromatic rings. The predicted molar refractivity (Wildman–Crippen MR) is 63.7 cm³/mol. The topological polar surface area (TPSA) is 180 Å². The van der Waals surface area contributed by atoms with Gasteiger partial charge in [0, 0.05) is 6.04 Å². The first-order chi connectivity index (χ1) is 7.77. The smallest absolute Gasteiger partial charge is 0.334 e. The molecule has 0 rings (SSSR count). The first-order valence-electron chi connectivity index (χ1n) is 4.69. The first kappa shape index (κ1) is 18.7. The van der Waals surface area contributed by atoms with E-state index < -0.39 is 29.1 Å². The van der Waals surface area contributed by atoms with Crippen molar-refractivity contribution in [1.82, 2.24) is 5.01 Å². The minimum Gasteiger partial charge on any atom is -0.479 e. The number of nitrogens with two attached hydrogens (primary N) is 2. The highest BCUT2D eigenvalue weighted by atomic mass is 35.5. The maximum absolute atomic E-state index is 10.4. The van der Waals surface area contributed by atoms with E-state index in [0.29, 0.717) is 5.01 Å². The molecule has 0 aliphatic carbocycles. The molecule has 0 aliphatic heterocycles. The van der Waals surface area contributed by atoms with E-state index in [-0.39, 0.29) is 31.8 Å². The van der Waals surface area contributed by atoms with Crippen molar-refractivity contribution in [3.05, 3.63) is 10.1 Å². The lowest BCUT2D eigenvalue weighted by Gasteiger charge is -2.16. The van der Waals surface area contributed by atoms with Gasteiger partial charge in [0.25, 0.3) is 5.96 Å². The van der Waals surface area contributed by atoms with Gasteiger partial charge in [-0.05, 0) is 12.8 Å². The summed E-state index contributed by atoms with van der Waals surface area (Å²) >= 11 is 0. The zero-order valence-corrected chi connectivity index (χ0v) is 10.2. The van der Waals surface area contributed by atoms with Crippen LogP contribution in [0.15, 0.2) is 0 Å². The standard InChI is InChI=1S/C7H15N5O5.ClH/c8-4(5(13)6(14)15)2-1-3-11(7(9)10)12(16)17;/h4-5,13H,1-3,8H2,(H3,9,10)(H,14,15);1H/t4-,5?;/m0./s1. The van der Waals surface area contributed by atoms with Gasteiger partial charge in [0.2, 0.25) is 0 Å². The van der Waals surface area contributed by atoms with Crippen molar-refractivity contribution >= 4 is 24.3 Å². The van der Waals surface area contributed by atoms with Gasteiger partial charge >= 0.3 is 5.97 Å². The van der Waals surface area contributed by atoms with Gasteiger partial charge in [0.15, 0.2) is 11.1 Å². The van der Waals surface area contributed by atoms with Gasteiger partial charge in [-0.2, -0.15) is 0 Å². The molecule has 18 heavy (non-hydrogen) atoms. The highest BCUT2D eigenvalue weighted by molar-refractivity contribution is 5.85. The Morgan fingerprint density at radius 3 is 2.39 bits per heavy atom. The summed E-state index contributed by atoms with van der Waals surface area (Å²) in [5.41, 5.74) is 10.3. The largest absolute Gasteiger partial charge is 0.479 e. The fourth-order valence-electron chi connectivity index (χ4n) is 1.11. The fourth-order valence-corrected chi connectivity index (χ4v) is 1.11. The molecular weight excluding hydrogens is 270 g/mol. The number of carbonyl (C=O) groups is 1. The lowest BCUT2D eigenvalue weighted by Crippen LogP contribution is -2.43. The molecule has 0 spiro atoms. The van der Waals surface area contributed by atoms with Crippen LogP contribution >= 0.6 is 12.4 Å². The second kappa shape index (κ2) is 8.44. The summed E-state index contributed by atoms with van der Waals surface area (Å²) in [6.07, 6.45) is -1.52. The van der Waals surface area contributed by atoms with Crippen LogP contribution in [0, 0.1) is 15.5 Å². The predicted octanol–water partition coefficient (Wildman–Crippen LogP) is -1.65. The molecule has 0 saturated carbocycles. The normalized spacial score (nSPS) is 13.0. The number of hydrogen-bond donors (Lipinski definition) is 5. The maximum Gasteiger partial charge on any atom is 0.334 e. The first-order valence-corrected chi connectivity index (χ1v) is 4.69. The Kier molecular flexibility index (Phi) is 8.77. The van der Waals surface area contributed by atoms with Crippen LogP contribution in [0.5, 0.6) is 0 Å². The van der Waals surface area contributed by atoms with E-state index in [4.69, 9.17) is 27.1 Å². The van der Waals surface area contributed by atoms with Crippen LogP contribution in [0.2, 0.25) is 0 Å². The van der Waals surface area contributed by atoms with E-state index >= 15 is 0 Å². The van der Waals surface area contributed by atoms with Gasteiger partial charge < -0.3 is 21.7 Å². The number of halogens is 1. The number of aliphatic hydroxyl groups is 1. The summed E-state index contributed by atoms with van der Waals surface area (Å²) in [7, 11) is 0. The molecular formula is C7H16ClN5O5. The second-order valence-corrected chi connectivity index (χ2v) is 3.34. The zero-order valence-electron chi connectivity index (χ0n) is 9.35. The Hall–Kier alpha value is -1.65. The Morgan fingerprint density at radius 1 is 1.56 bits per heavy atom. The van der Waals surface area contributed by atoms with Crippen molar-refractivity contribution in [2.24, 2.45) is 11.5 Å². The summed E-state index contributed by atoms with van der Waals surface area (Å²) in [6.45, 7) is -0.178. The summed E-state index contributed by atoms with van der Waals surface area (Å²) < 4.78 is 0. The molecule has 10 nitrogen and oxygen atoms in total. The molecule has 7 N–H and O–H groups in total. The van der Waals surface area contributed by atoms with E-state index in [1.165, 1.54) is 0 Å². The average Bonchev–Trinajstić information content (AvgIpc) is 2.21. The van der Waals surface area contributed by atoms with E-state index in [2.05, 4.69) is 0 Å². The molecule has 11 heteroatoms. The van der Waals surface area contributed by atoms with Crippen molar-refractivity contribution in [2.45, 2.75) is 25.0 Å². The number of aliphatic carboxylic acids is 1. The van der Waals surface area contributed by atoms with Gasteiger partial charge in [-0.15, -0.1) is 12.4 Å². The molecule has 0 radical (unpaired) electrons. The number of carboxylic acids is 1. The molecule has 0 saturated heterocycles. The second-order valence-electron chi connectivity index (χ2n) is 3.34. The van der Waals surface area contributed by atoms with Crippen molar-refractivity contribution in [1.29, 1.82) is 5.41 Å². The van der Waals surface area contributed by atoms with Crippen molar-refractivity contribution in [3.8, 4) is 0 Å². The third-order valence-corrected chi connectivity index (χ3v) is 2.04. The number of nitro groups is 1. The number of rotatable bonds is 7. The van der Waals surface area contributed by atoms with Gasteiger partial charge in [-0.3, -0.25) is 5.41 Å². The Labute approximate surface area is 109 Å². The minimum atomic E-state index is -1.71. The summed E-state index contributed by atoms with van der Waals surface area (Å²) in [5.74, 6) is -2.17. The molecule has 2 atom stereocenters. The summed E-state index contributed by atoms with van der Waals surface area (Å²) in [4.78, 5) is 20.7. The van der Waals surface area contributed by atoms with Gasteiger partial charge in [-0.1, -0.05) is 5.01 Å². The van der Waals surface area contributed by atoms with Gasteiger partial charge in [0.05, 0.1) is 6.54 Å². The Balaban J connectivity index is 0. The maximum atomic E-state index is 10.4. The van der Waals surface area contributed by atoms with Crippen molar-refractivity contribution in [2.75, 3.05) is 6.54 Å². The van der Waals surface area contributed by atoms with Gasteiger partial charge in [-0.25, -0.2) is 14.9 Å². The van der Waals surface area contributed by atoms with Crippen LogP contribution in [0.1, 0.15) is 12.8 Å². The number of nitrogens with one attached hydrogen (secondary N) is 1. The number of aliphatic hydroxyl groups excluding tert-OH is 1. The molecule has 0 aromatic carbocycles. The average molecular weight is 286 g/mol. The molecule has 0 bridgehead atoms. The number of guanidine groups is 1. The zero-order chi connectivity index (χ0) is 13.6. The lowest BCUT2D eigenvalue weighted by atomic mass is 10.1. The SMILES string of the molecule is Cl.N=C(N)N(CCC[C@H](N)C(O)C(=O)O)[N+](=O)[O-]. The van der Waals surface area contributed by atoms with Crippen LogP contribution in [0.3, 0.4) is 0 Å². The van der Waals surface area contributed by atoms with Gasteiger partial charge in [0.1, 0.15) is 0 Å². The van der Waals surface area contributed by atoms with Crippen molar-refractivity contribution in [3.63, 3.8) is 0 Å². The summed E-state index contributed by atoms with van der Waals surface area (Å²) in [5, 5.41) is 34.3. The Morgan fingerprint density at radius 2 is 2.06 bits per heavy atom. The van der Waals surface area contributed by atoms with Crippen LogP contribution in [0.4, 0.5) is 0 Å². The third-order valence-electron chi connectivity index (χ3n) is 2.04. The molecule has 106 valence electrons. The van der Waals surface area contributed by atoms with Crippen LogP contribution < -0.4 is 11.5 Å². The molecule has 0 fully saturated rings. The highest BCUT2D eigenvalue weighted by Gasteiger charge is 2.23. The molecule has 1 unspecified atom stereocenters. The van der Waals surface area contributed by atoms with E-state index in [0.717, 1.165) is 0 Å². The lowest BCUT2D eigenvalue weighted by molar-refractivity contribution is -0.629. The quantitative estimate of drug-likeness (QED) is 0.160. The monoisotopic (exact) mass is 285 g/mol. The van der Waals surface area contributed by atoms with Crippen LogP contribution in [0.25, 0.3) is 0 Å². The number of carboxylic acid groups (broad SMARTS) is 1. The molecule has 0 heterocycles. The summed E-state index contributed by atoms with van der Waals surface area (Å²) in [6, 6.07) is -1.02. The molecule has 0 amide bonds. The van der Waals surface area contributed by atoms with Crippen molar-refractivity contribution < 1.29 is 20.0 Å². The van der Waals surface area contributed by atoms with E-state index in [1.54, 1.807) is 0 Å². The van der Waals surface area contributed by atoms with Crippen LogP contribution in [-0.2, 0) is 4.79 Å².